The van der Waals surface area contributed by atoms with Crippen molar-refractivity contribution in [1.29, 1.82) is 0 Å². The molecule has 5 nitrogen and oxygen atoms in total. The molecule has 27 heavy (non-hydrogen) atoms. The van der Waals surface area contributed by atoms with E-state index in [0.29, 0.717) is 21.5 Å². The van der Waals surface area contributed by atoms with Crippen LogP contribution in [-0.2, 0) is 21.1 Å². The van der Waals surface area contributed by atoms with Crippen LogP contribution in [0.15, 0.2) is 46.8 Å². The number of halogens is 1. The molecule has 0 unspecified atom stereocenters. The number of anilines is 1. The van der Waals surface area contributed by atoms with Gasteiger partial charge in [-0.2, -0.15) is 0 Å². The summed E-state index contributed by atoms with van der Waals surface area (Å²) in [6.45, 7) is 3.69. The van der Waals surface area contributed by atoms with Gasteiger partial charge in [-0.15, -0.1) is 11.3 Å². The van der Waals surface area contributed by atoms with Gasteiger partial charge < -0.3 is 5.32 Å². The quantitative estimate of drug-likeness (QED) is 0.670. The van der Waals surface area contributed by atoms with Crippen LogP contribution in [0.2, 0.25) is 0 Å². The molecule has 0 bridgehead atoms. The first-order valence-corrected chi connectivity index (χ1v) is 10.9. The molecule has 1 heterocycles. The summed E-state index contributed by atoms with van der Waals surface area (Å²) in [5.74, 6) is -0.609. The highest BCUT2D eigenvalue weighted by molar-refractivity contribution is 7.93. The second kappa shape index (κ2) is 7.74. The van der Waals surface area contributed by atoms with Crippen molar-refractivity contribution in [2.24, 2.45) is 5.92 Å². The summed E-state index contributed by atoms with van der Waals surface area (Å²) in [5.41, 5.74) is 1.69. The number of aromatic nitrogens is 1. The fraction of sp³-hybridized carbons (Fsp3) is 0.263. The van der Waals surface area contributed by atoms with Crippen LogP contribution in [-0.4, -0.2) is 25.1 Å². The summed E-state index contributed by atoms with van der Waals surface area (Å²) >= 11 is 1.09. The lowest BCUT2D eigenvalue weighted by Gasteiger charge is -2.05. The largest absolute Gasteiger partial charge is 0.326 e. The Morgan fingerprint density at radius 3 is 2.70 bits per heavy atom. The lowest BCUT2D eigenvalue weighted by atomic mass is 10.1. The third kappa shape index (κ3) is 4.90. The molecule has 8 heteroatoms. The number of fused-ring (bicyclic) bond motifs is 1. The molecule has 0 saturated carbocycles. The smallest absolute Gasteiger partial charge is 0.228 e. The maximum absolute atomic E-state index is 13.2. The van der Waals surface area contributed by atoms with E-state index < -0.39 is 9.84 Å². The van der Waals surface area contributed by atoms with Gasteiger partial charge in [0.2, 0.25) is 20.1 Å². The minimum atomic E-state index is -3.42. The summed E-state index contributed by atoms with van der Waals surface area (Å²) in [4.78, 5) is 16.4. The molecule has 0 aliphatic rings. The van der Waals surface area contributed by atoms with E-state index >= 15 is 0 Å². The first-order chi connectivity index (χ1) is 12.7. The molecule has 0 saturated heterocycles. The van der Waals surface area contributed by atoms with Crippen molar-refractivity contribution in [1.82, 2.24) is 4.98 Å². The summed E-state index contributed by atoms with van der Waals surface area (Å²) < 4.78 is 38.7. The molecule has 0 spiro atoms. The molecule has 0 aliphatic carbocycles. The average molecular weight is 407 g/mol. The average Bonchev–Trinajstić information content (AvgIpc) is 2.97. The lowest BCUT2D eigenvalue weighted by Crippen LogP contribution is -2.14. The Balaban J connectivity index is 1.77. The number of benzene rings is 2. The van der Waals surface area contributed by atoms with E-state index in [1.54, 1.807) is 30.3 Å². The van der Waals surface area contributed by atoms with Gasteiger partial charge in [0.05, 0.1) is 22.4 Å². The number of hydrogen-bond acceptors (Lipinski definition) is 5. The minimum Gasteiger partial charge on any atom is -0.326 e. The summed E-state index contributed by atoms with van der Waals surface area (Å²) in [5, 5.41) is 2.75. The maximum atomic E-state index is 13.2. The van der Waals surface area contributed by atoms with Crippen LogP contribution in [0.5, 0.6) is 0 Å². The Morgan fingerprint density at radius 1 is 1.22 bits per heavy atom. The van der Waals surface area contributed by atoms with Gasteiger partial charge in [-0.3, -0.25) is 4.79 Å². The van der Waals surface area contributed by atoms with Crippen LogP contribution < -0.4 is 5.32 Å². The number of rotatable bonds is 6. The number of nitrogens with one attached hydrogen (secondary N) is 1. The van der Waals surface area contributed by atoms with Gasteiger partial charge in [-0.1, -0.05) is 26.0 Å². The zero-order valence-corrected chi connectivity index (χ0v) is 16.5. The Morgan fingerprint density at radius 2 is 2.00 bits per heavy atom. The van der Waals surface area contributed by atoms with Gasteiger partial charge in [0.1, 0.15) is 5.82 Å². The second-order valence-electron chi connectivity index (χ2n) is 6.69. The standard InChI is InChI=1S/C19H19FN2O3S2/c1-12(2)11-27(24,25)19-22-16-7-6-15(10-17(16)26-19)21-18(23)9-13-4-3-5-14(20)8-13/h3-8,10,12H,9,11H2,1-2H3,(H,21,23). The molecule has 0 radical (unpaired) electrons. The zero-order valence-electron chi connectivity index (χ0n) is 14.9. The van der Waals surface area contributed by atoms with E-state index in [0.717, 1.165) is 11.3 Å². The summed E-state index contributed by atoms with van der Waals surface area (Å²) in [6.07, 6.45) is 0.0481. The molecule has 1 aromatic heterocycles. The van der Waals surface area contributed by atoms with Crippen LogP contribution in [0, 0.1) is 11.7 Å². The number of sulfone groups is 1. The third-order valence-electron chi connectivity index (χ3n) is 3.73. The van der Waals surface area contributed by atoms with E-state index in [9.17, 15) is 17.6 Å². The highest BCUT2D eigenvalue weighted by Crippen LogP contribution is 2.29. The molecular weight excluding hydrogens is 387 g/mol. The molecular formula is C19H19FN2O3S2. The Labute approximate surface area is 161 Å². The Hall–Kier alpha value is -2.32. The topological polar surface area (TPSA) is 76.1 Å². The van der Waals surface area contributed by atoms with E-state index in [1.807, 2.05) is 13.8 Å². The van der Waals surface area contributed by atoms with Gasteiger partial charge in [-0.05, 0) is 41.8 Å². The predicted octanol–water partition coefficient (Wildman–Crippen LogP) is 4.05. The van der Waals surface area contributed by atoms with Gasteiger partial charge in [0, 0.05) is 5.69 Å². The van der Waals surface area contributed by atoms with Crippen LogP contribution in [0.25, 0.3) is 10.2 Å². The summed E-state index contributed by atoms with van der Waals surface area (Å²) in [7, 11) is -3.42. The van der Waals surface area contributed by atoms with Gasteiger partial charge >= 0.3 is 0 Å². The van der Waals surface area contributed by atoms with E-state index in [1.165, 1.54) is 12.1 Å². The van der Waals surface area contributed by atoms with Crippen molar-refractivity contribution < 1.29 is 17.6 Å². The molecule has 142 valence electrons. The van der Waals surface area contributed by atoms with Crippen molar-refractivity contribution in [3.05, 3.63) is 53.8 Å². The molecule has 2 aromatic carbocycles. The van der Waals surface area contributed by atoms with Gasteiger partial charge in [0.25, 0.3) is 0 Å². The van der Waals surface area contributed by atoms with Crippen LogP contribution >= 0.6 is 11.3 Å². The number of thiazole rings is 1. The second-order valence-corrected chi connectivity index (χ2v) is 9.93. The van der Waals surface area contributed by atoms with E-state index in [4.69, 9.17) is 0 Å². The van der Waals surface area contributed by atoms with Crippen LogP contribution in [0.1, 0.15) is 19.4 Å². The third-order valence-corrected chi connectivity index (χ3v) is 7.28. The Kier molecular flexibility index (Phi) is 5.57. The molecule has 1 amide bonds. The van der Waals surface area contributed by atoms with Crippen LogP contribution in [0.3, 0.4) is 0 Å². The van der Waals surface area contributed by atoms with Crippen molar-refractivity contribution >= 4 is 43.0 Å². The van der Waals surface area contributed by atoms with Crippen molar-refractivity contribution in [3.8, 4) is 0 Å². The zero-order chi connectivity index (χ0) is 19.6. The predicted molar refractivity (Wildman–Crippen MR) is 105 cm³/mol. The molecule has 3 aromatic rings. The van der Waals surface area contributed by atoms with Crippen molar-refractivity contribution in [2.45, 2.75) is 24.6 Å². The van der Waals surface area contributed by atoms with E-state index in [-0.39, 0.29) is 34.2 Å². The molecule has 0 fully saturated rings. The lowest BCUT2D eigenvalue weighted by molar-refractivity contribution is -0.115. The first kappa shape index (κ1) is 19.4. The van der Waals surface area contributed by atoms with Crippen LogP contribution in [0.4, 0.5) is 10.1 Å². The number of carbonyl (C=O) groups is 1. The van der Waals surface area contributed by atoms with E-state index in [2.05, 4.69) is 10.3 Å². The maximum Gasteiger partial charge on any atom is 0.228 e. The van der Waals surface area contributed by atoms with Gasteiger partial charge in [-0.25, -0.2) is 17.8 Å². The molecule has 0 aliphatic heterocycles. The number of nitrogens with zero attached hydrogens (tertiary/aromatic N) is 1. The highest BCUT2D eigenvalue weighted by Gasteiger charge is 2.21. The molecule has 0 atom stereocenters. The fourth-order valence-corrected chi connectivity index (χ4v) is 5.64. The molecule has 3 rings (SSSR count). The highest BCUT2D eigenvalue weighted by atomic mass is 32.2. The van der Waals surface area contributed by atoms with Gasteiger partial charge in [0.15, 0.2) is 0 Å². The van der Waals surface area contributed by atoms with Crippen molar-refractivity contribution in [2.75, 3.05) is 11.1 Å². The monoisotopic (exact) mass is 406 g/mol. The minimum absolute atomic E-state index is 0.0136. The first-order valence-electron chi connectivity index (χ1n) is 8.40. The molecule has 1 N–H and O–H groups in total. The number of amides is 1. The summed E-state index contributed by atoms with van der Waals surface area (Å²) in [6, 6.07) is 10.9. The van der Waals surface area contributed by atoms with Crippen molar-refractivity contribution in [3.63, 3.8) is 0 Å². The number of hydrogen-bond donors (Lipinski definition) is 1. The fourth-order valence-electron chi connectivity index (χ4n) is 2.66. The normalized spacial score (nSPS) is 11.9. The Bertz CT molecular complexity index is 1090. The SMILES string of the molecule is CC(C)CS(=O)(=O)c1nc2ccc(NC(=O)Cc3cccc(F)c3)cc2s1. The number of carbonyl (C=O) groups excluding carboxylic acids is 1.